The normalized spacial score (nSPS) is 13.4. The molecule has 0 bridgehead atoms. The molecule has 6 nitrogen and oxygen atoms in total. The molecule has 0 spiro atoms. The van der Waals surface area contributed by atoms with Crippen molar-refractivity contribution in [3.05, 3.63) is 12.4 Å². The zero-order valence-corrected chi connectivity index (χ0v) is 10.7. The van der Waals surface area contributed by atoms with E-state index < -0.39 is 15.6 Å². The number of sulfonamides is 1. The molecule has 0 saturated heterocycles. The standard InChI is InChI=1S/C9H17N3O3S/c1-9(2,13)7-12(4)16(14,15)8-5-10-11(3)6-8/h5-6,13H,7H2,1-4H3. The van der Waals surface area contributed by atoms with Crippen LogP contribution in [0.3, 0.4) is 0 Å². The molecule has 1 heterocycles. The Morgan fingerprint density at radius 1 is 1.56 bits per heavy atom. The fourth-order valence-corrected chi connectivity index (χ4v) is 2.65. The zero-order valence-electron chi connectivity index (χ0n) is 9.88. The molecule has 1 aromatic rings. The first kappa shape index (κ1) is 13.1. The van der Waals surface area contributed by atoms with Crippen LogP contribution in [0.4, 0.5) is 0 Å². The maximum atomic E-state index is 12.0. The molecule has 0 aliphatic heterocycles. The highest BCUT2D eigenvalue weighted by Crippen LogP contribution is 2.15. The lowest BCUT2D eigenvalue weighted by Gasteiger charge is -2.24. The summed E-state index contributed by atoms with van der Waals surface area (Å²) in [7, 11) is -0.483. The van der Waals surface area contributed by atoms with Gasteiger partial charge < -0.3 is 5.11 Å². The van der Waals surface area contributed by atoms with Crippen molar-refractivity contribution in [3.63, 3.8) is 0 Å². The van der Waals surface area contributed by atoms with Gasteiger partial charge in [-0.1, -0.05) is 0 Å². The van der Waals surface area contributed by atoms with Crippen LogP contribution < -0.4 is 0 Å². The summed E-state index contributed by atoms with van der Waals surface area (Å²) in [5.41, 5.74) is -1.07. The molecule has 0 fully saturated rings. The van der Waals surface area contributed by atoms with E-state index in [1.807, 2.05) is 0 Å². The molecule has 0 radical (unpaired) electrons. The third-order valence-electron chi connectivity index (χ3n) is 2.00. The molecular weight excluding hydrogens is 230 g/mol. The molecule has 0 saturated carbocycles. The Morgan fingerprint density at radius 3 is 2.50 bits per heavy atom. The first-order valence-corrected chi connectivity index (χ1v) is 6.24. The van der Waals surface area contributed by atoms with Gasteiger partial charge >= 0.3 is 0 Å². The maximum absolute atomic E-state index is 12.0. The van der Waals surface area contributed by atoms with Crippen molar-refractivity contribution in [2.24, 2.45) is 7.05 Å². The number of aliphatic hydroxyl groups is 1. The van der Waals surface area contributed by atoms with Gasteiger partial charge in [0.1, 0.15) is 4.90 Å². The van der Waals surface area contributed by atoms with Gasteiger partial charge in [-0.3, -0.25) is 4.68 Å². The minimum atomic E-state index is -3.56. The van der Waals surface area contributed by atoms with Crippen LogP contribution in [-0.2, 0) is 17.1 Å². The molecule has 1 N–H and O–H groups in total. The van der Waals surface area contributed by atoms with Gasteiger partial charge in [0, 0.05) is 26.8 Å². The van der Waals surface area contributed by atoms with Crippen molar-refractivity contribution in [1.29, 1.82) is 0 Å². The second-order valence-corrected chi connectivity index (χ2v) is 6.47. The van der Waals surface area contributed by atoms with Gasteiger partial charge in [0.15, 0.2) is 0 Å². The molecule has 16 heavy (non-hydrogen) atoms. The van der Waals surface area contributed by atoms with Gasteiger partial charge in [0.2, 0.25) is 10.0 Å². The Labute approximate surface area is 95.5 Å². The fourth-order valence-electron chi connectivity index (χ4n) is 1.34. The Hall–Kier alpha value is -0.920. The summed E-state index contributed by atoms with van der Waals surface area (Å²) in [5.74, 6) is 0. The summed E-state index contributed by atoms with van der Waals surface area (Å²) in [4.78, 5) is 0.127. The van der Waals surface area contributed by atoms with Crippen molar-refractivity contribution in [1.82, 2.24) is 14.1 Å². The summed E-state index contributed by atoms with van der Waals surface area (Å²) in [6.45, 7) is 3.15. The van der Waals surface area contributed by atoms with Crippen molar-refractivity contribution >= 4 is 10.0 Å². The number of likely N-dealkylation sites (N-methyl/N-ethyl adjacent to an activating group) is 1. The number of aromatic nitrogens is 2. The van der Waals surface area contributed by atoms with E-state index >= 15 is 0 Å². The van der Waals surface area contributed by atoms with Crippen molar-refractivity contribution < 1.29 is 13.5 Å². The summed E-state index contributed by atoms with van der Waals surface area (Å²) in [5, 5.41) is 13.4. The van der Waals surface area contributed by atoms with Crippen LogP contribution in [0, 0.1) is 0 Å². The van der Waals surface area contributed by atoms with E-state index in [2.05, 4.69) is 5.10 Å². The number of aryl methyl sites for hydroxylation is 1. The van der Waals surface area contributed by atoms with E-state index in [0.717, 1.165) is 4.31 Å². The Balaban J connectivity index is 2.95. The molecule has 0 aliphatic rings. The first-order chi connectivity index (χ1) is 7.13. The quantitative estimate of drug-likeness (QED) is 0.800. The van der Waals surface area contributed by atoms with E-state index in [4.69, 9.17) is 0 Å². The van der Waals surface area contributed by atoms with Crippen LogP contribution in [-0.4, -0.2) is 46.8 Å². The summed E-state index contributed by atoms with van der Waals surface area (Å²) < 4.78 is 26.5. The molecule has 0 aromatic carbocycles. The monoisotopic (exact) mass is 247 g/mol. The number of hydrogen-bond donors (Lipinski definition) is 1. The predicted molar refractivity (Wildman–Crippen MR) is 59.3 cm³/mol. The van der Waals surface area contributed by atoms with E-state index in [-0.39, 0.29) is 11.4 Å². The third kappa shape index (κ3) is 3.03. The molecule has 1 rings (SSSR count). The summed E-state index contributed by atoms with van der Waals surface area (Å²) in [6, 6.07) is 0. The van der Waals surface area contributed by atoms with Crippen molar-refractivity contribution in [2.75, 3.05) is 13.6 Å². The van der Waals surface area contributed by atoms with Gasteiger partial charge in [-0.2, -0.15) is 9.40 Å². The average molecular weight is 247 g/mol. The SMILES string of the molecule is CN(CC(C)(C)O)S(=O)(=O)c1cnn(C)c1. The van der Waals surface area contributed by atoms with Crippen LogP contribution in [0.5, 0.6) is 0 Å². The zero-order chi connectivity index (χ0) is 12.6. The van der Waals surface area contributed by atoms with Crippen LogP contribution in [0.2, 0.25) is 0 Å². The molecule has 1 aromatic heterocycles. The number of nitrogens with zero attached hydrogens (tertiary/aromatic N) is 3. The predicted octanol–water partition coefficient (Wildman–Crippen LogP) is -0.189. The summed E-state index contributed by atoms with van der Waals surface area (Å²) >= 11 is 0. The molecule has 0 aliphatic carbocycles. The summed E-state index contributed by atoms with van der Waals surface area (Å²) in [6.07, 6.45) is 2.71. The topological polar surface area (TPSA) is 75.4 Å². The minimum Gasteiger partial charge on any atom is -0.389 e. The lowest BCUT2D eigenvalue weighted by atomic mass is 10.1. The van der Waals surface area contributed by atoms with Gasteiger partial charge in [0.05, 0.1) is 11.8 Å². The van der Waals surface area contributed by atoms with E-state index in [0.29, 0.717) is 0 Å². The lowest BCUT2D eigenvalue weighted by Crippen LogP contribution is -2.39. The Morgan fingerprint density at radius 2 is 2.12 bits per heavy atom. The average Bonchev–Trinajstić information content (AvgIpc) is 2.48. The smallest absolute Gasteiger partial charge is 0.246 e. The van der Waals surface area contributed by atoms with Gasteiger partial charge in [-0.05, 0) is 13.8 Å². The van der Waals surface area contributed by atoms with Crippen molar-refractivity contribution in [3.8, 4) is 0 Å². The van der Waals surface area contributed by atoms with E-state index in [1.165, 1.54) is 24.1 Å². The highest BCUT2D eigenvalue weighted by molar-refractivity contribution is 7.89. The number of rotatable bonds is 4. The Bertz CT molecular complexity index is 459. The molecule has 92 valence electrons. The molecule has 0 atom stereocenters. The van der Waals surface area contributed by atoms with Crippen molar-refractivity contribution in [2.45, 2.75) is 24.3 Å². The minimum absolute atomic E-state index is 0.0320. The first-order valence-electron chi connectivity index (χ1n) is 4.80. The fraction of sp³-hybridized carbons (Fsp3) is 0.667. The molecular formula is C9H17N3O3S. The molecule has 0 unspecified atom stereocenters. The van der Waals surface area contributed by atoms with Crippen LogP contribution in [0.15, 0.2) is 17.3 Å². The van der Waals surface area contributed by atoms with E-state index in [9.17, 15) is 13.5 Å². The van der Waals surface area contributed by atoms with Crippen LogP contribution in [0.25, 0.3) is 0 Å². The van der Waals surface area contributed by atoms with Crippen LogP contribution >= 0.6 is 0 Å². The highest BCUT2D eigenvalue weighted by atomic mass is 32.2. The number of hydrogen-bond acceptors (Lipinski definition) is 4. The highest BCUT2D eigenvalue weighted by Gasteiger charge is 2.27. The van der Waals surface area contributed by atoms with E-state index in [1.54, 1.807) is 20.9 Å². The van der Waals surface area contributed by atoms with Gasteiger partial charge in [-0.25, -0.2) is 8.42 Å². The van der Waals surface area contributed by atoms with Gasteiger partial charge in [0.25, 0.3) is 0 Å². The largest absolute Gasteiger partial charge is 0.389 e. The van der Waals surface area contributed by atoms with Gasteiger partial charge in [-0.15, -0.1) is 0 Å². The second kappa shape index (κ2) is 4.15. The maximum Gasteiger partial charge on any atom is 0.246 e. The van der Waals surface area contributed by atoms with Crippen LogP contribution in [0.1, 0.15) is 13.8 Å². The Kier molecular flexibility index (Phi) is 3.41. The second-order valence-electron chi connectivity index (χ2n) is 4.42. The molecule has 0 amide bonds. The third-order valence-corrected chi connectivity index (χ3v) is 3.76. The lowest BCUT2D eigenvalue weighted by molar-refractivity contribution is 0.0640. The molecule has 7 heteroatoms.